The molecule has 19 heavy (non-hydrogen) atoms. The van der Waals surface area contributed by atoms with E-state index in [2.05, 4.69) is 4.98 Å². The van der Waals surface area contributed by atoms with Gasteiger partial charge in [-0.05, 0) is 35.4 Å². The highest BCUT2D eigenvalue weighted by Gasteiger charge is 2.24. The summed E-state index contributed by atoms with van der Waals surface area (Å²) in [5.74, 6) is -0.428. The molecule has 0 spiro atoms. The van der Waals surface area contributed by atoms with Gasteiger partial charge in [-0.25, -0.2) is 0 Å². The zero-order valence-corrected chi connectivity index (χ0v) is 9.95. The molecule has 1 aliphatic heterocycles. The minimum absolute atomic E-state index is 0.172. The number of aliphatic carboxylic acids is 1. The Morgan fingerprint density at radius 1 is 1.11 bits per heavy atom. The molecule has 0 radical (unpaired) electrons. The van der Waals surface area contributed by atoms with Crippen LogP contribution in [-0.2, 0) is 4.79 Å². The molecule has 0 saturated carbocycles. The lowest BCUT2D eigenvalue weighted by atomic mass is 9.92. The summed E-state index contributed by atoms with van der Waals surface area (Å²) in [5, 5.41) is 9.44. The first-order valence-corrected chi connectivity index (χ1v) is 5.78. The minimum atomic E-state index is -0.912. The molecule has 1 unspecified atom stereocenters. The standard InChI is InChI=1S/C14H11NO4/c16-14(17)13(9-3-5-15-6-4-9)10-1-2-11-12(7-10)19-8-18-11/h1-7,13H,8H2,(H,16,17). The Morgan fingerprint density at radius 3 is 2.58 bits per heavy atom. The number of nitrogens with zero attached hydrogens (tertiary/aromatic N) is 1. The molecule has 1 atom stereocenters. The molecule has 5 heteroatoms. The van der Waals surface area contributed by atoms with Crippen LogP contribution in [0.15, 0.2) is 42.7 Å². The van der Waals surface area contributed by atoms with Crippen molar-refractivity contribution < 1.29 is 19.4 Å². The summed E-state index contributed by atoms with van der Waals surface area (Å²) in [6.07, 6.45) is 3.16. The van der Waals surface area contributed by atoms with Gasteiger partial charge in [0.25, 0.3) is 0 Å². The second kappa shape index (κ2) is 4.61. The Balaban J connectivity index is 2.04. The number of fused-ring (bicyclic) bond motifs is 1. The molecule has 0 amide bonds. The second-order valence-corrected chi connectivity index (χ2v) is 4.16. The lowest BCUT2D eigenvalue weighted by Gasteiger charge is -2.13. The second-order valence-electron chi connectivity index (χ2n) is 4.16. The number of benzene rings is 1. The maximum atomic E-state index is 11.5. The van der Waals surface area contributed by atoms with Gasteiger partial charge < -0.3 is 14.6 Å². The van der Waals surface area contributed by atoms with Crippen molar-refractivity contribution >= 4 is 5.97 Å². The van der Waals surface area contributed by atoms with Crippen molar-refractivity contribution in [1.29, 1.82) is 0 Å². The fraction of sp³-hybridized carbons (Fsp3) is 0.143. The van der Waals surface area contributed by atoms with Crippen molar-refractivity contribution in [2.45, 2.75) is 5.92 Å². The van der Waals surface area contributed by atoms with Gasteiger partial charge in [-0.2, -0.15) is 0 Å². The van der Waals surface area contributed by atoms with Gasteiger partial charge in [0, 0.05) is 12.4 Å². The summed E-state index contributed by atoms with van der Waals surface area (Å²) >= 11 is 0. The monoisotopic (exact) mass is 257 g/mol. The van der Waals surface area contributed by atoms with Crippen LogP contribution in [0.3, 0.4) is 0 Å². The van der Waals surface area contributed by atoms with E-state index in [1.165, 1.54) is 0 Å². The van der Waals surface area contributed by atoms with Gasteiger partial charge in [0.1, 0.15) is 5.92 Å². The molecule has 0 saturated heterocycles. The van der Waals surface area contributed by atoms with E-state index in [-0.39, 0.29) is 6.79 Å². The van der Waals surface area contributed by atoms with Crippen molar-refractivity contribution in [3.8, 4) is 11.5 Å². The lowest BCUT2D eigenvalue weighted by Crippen LogP contribution is -2.13. The number of rotatable bonds is 3. The Morgan fingerprint density at radius 2 is 1.84 bits per heavy atom. The molecule has 0 fully saturated rings. The number of pyridine rings is 1. The third kappa shape index (κ3) is 2.10. The smallest absolute Gasteiger partial charge is 0.315 e. The van der Waals surface area contributed by atoms with Gasteiger partial charge >= 0.3 is 5.97 Å². The van der Waals surface area contributed by atoms with Gasteiger partial charge in [0.2, 0.25) is 6.79 Å². The third-order valence-corrected chi connectivity index (χ3v) is 3.02. The maximum Gasteiger partial charge on any atom is 0.315 e. The van der Waals surface area contributed by atoms with Gasteiger partial charge in [-0.1, -0.05) is 6.07 Å². The van der Waals surface area contributed by atoms with Crippen LogP contribution in [0, 0.1) is 0 Å². The minimum Gasteiger partial charge on any atom is -0.481 e. The molecule has 2 heterocycles. The van der Waals surface area contributed by atoms with Crippen LogP contribution in [0.4, 0.5) is 0 Å². The number of hydrogen-bond donors (Lipinski definition) is 1. The van der Waals surface area contributed by atoms with Crippen molar-refractivity contribution in [2.75, 3.05) is 6.79 Å². The van der Waals surface area contributed by atoms with Crippen LogP contribution < -0.4 is 9.47 Å². The first-order valence-electron chi connectivity index (χ1n) is 5.78. The van der Waals surface area contributed by atoms with E-state index in [0.29, 0.717) is 22.6 Å². The molecule has 3 rings (SSSR count). The molecule has 1 aromatic heterocycles. The van der Waals surface area contributed by atoms with Gasteiger partial charge in [0.15, 0.2) is 11.5 Å². The lowest BCUT2D eigenvalue weighted by molar-refractivity contribution is -0.137. The fourth-order valence-corrected chi connectivity index (χ4v) is 2.13. The number of carboxylic acid groups (broad SMARTS) is 1. The Kier molecular flexibility index (Phi) is 2.79. The van der Waals surface area contributed by atoms with Crippen LogP contribution in [0.1, 0.15) is 17.0 Å². The molecule has 1 aliphatic rings. The molecular weight excluding hydrogens is 246 g/mol. The molecule has 5 nitrogen and oxygen atoms in total. The molecule has 0 aliphatic carbocycles. The number of ether oxygens (including phenoxy) is 2. The molecular formula is C14H11NO4. The number of hydrogen-bond acceptors (Lipinski definition) is 4. The van der Waals surface area contributed by atoms with Crippen LogP contribution in [0.5, 0.6) is 11.5 Å². The van der Waals surface area contributed by atoms with E-state index < -0.39 is 11.9 Å². The highest BCUT2D eigenvalue weighted by Crippen LogP contribution is 2.36. The average Bonchev–Trinajstić information content (AvgIpc) is 2.87. The van der Waals surface area contributed by atoms with E-state index in [9.17, 15) is 9.90 Å². The van der Waals surface area contributed by atoms with Crippen LogP contribution in [0.2, 0.25) is 0 Å². The van der Waals surface area contributed by atoms with Crippen molar-refractivity contribution in [2.24, 2.45) is 0 Å². The number of carboxylic acids is 1. The molecule has 96 valence electrons. The number of aromatic nitrogens is 1. The average molecular weight is 257 g/mol. The molecule has 1 aromatic carbocycles. The van der Waals surface area contributed by atoms with Gasteiger partial charge in [-0.15, -0.1) is 0 Å². The van der Waals surface area contributed by atoms with Gasteiger partial charge in [0.05, 0.1) is 0 Å². The fourth-order valence-electron chi connectivity index (χ4n) is 2.13. The number of carbonyl (C=O) groups is 1. The Bertz CT molecular complexity index is 612. The van der Waals surface area contributed by atoms with Crippen LogP contribution in [-0.4, -0.2) is 22.9 Å². The highest BCUT2D eigenvalue weighted by molar-refractivity contribution is 5.80. The molecule has 2 aromatic rings. The Hall–Kier alpha value is -2.56. The SMILES string of the molecule is O=C(O)C(c1ccncc1)c1ccc2c(c1)OCO2. The topological polar surface area (TPSA) is 68.7 Å². The highest BCUT2D eigenvalue weighted by atomic mass is 16.7. The summed E-state index contributed by atoms with van der Waals surface area (Å²) in [5.41, 5.74) is 1.34. The predicted molar refractivity (Wildman–Crippen MR) is 66.3 cm³/mol. The maximum absolute atomic E-state index is 11.5. The van der Waals surface area contributed by atoms with Crippen LogP contribution in [0.25, 0.3) is 0 Å². The van der Waals surface area contributed by atoms with Gasteiger partial charge in [-0.3, -0.25) is 9.78 Å². The molecule has 1 N–H and O–H groups in total. The summed E-state index contributed by atoms with van der Waals surface area (Å²) in [4.78, 5) is 15.4. The van der Waals surface area contributed by atoms with Crippen molar-refractivity contribution in [1.82, 2.24) is 4.98 Å². The Labute approximate surface area is 109 Å². The largest absolute Gasteiger partial charge is 0.481 e. The first kappa shape index (κ1) is 11.5. The quantitative estimate of drug-likeness (QED) is 0.911. The first-order chi connectivity index (χ1) is 9.25. The van der Waals surface area contributed by atoms with E-state index in [1.54, 1.807) is 42.7 Å². The summed E-state index contributed by atoms with van der Waals surface area (Å²) in [6.45, 7) is 0.172. The summed E-state index contributed by atoms with van der Waals surface area (Å²) in [6, 6.07) is 8.58. The third-order valence-electron chi connectivity index (χ3n) is 3.02. The zero-order chi connectivity index (χ0) is 13.2. The predicted octanol–water partition coefficient (Wildman–Crippen LogP) is 2.03. The summed E-state index contributed by atoms with van der Waals surface area (Å²) in [7, 11) is 0. The van der Waals surface area contributed by atoms with E-state index >= 15 is 0 Å². The summed E-state index contributed by atoms with van der Waals surface area (Å²) < 4.78 is 10.5. The normalized spacial score (nSPS) is 14.1. The van der Waals surface area contributed by atoms with Crippen molar-refractivity contribution in [3.63, 3.8) is 0 Å². The van der Waals surface area contributed by atoms with Crippen molar-refractivity contribution in [3.05, 3.63) is 53.9 Å². The zero-order valence-electron chi connectivity index (χ0n) is 9.95. The molecule has 0 bridgehead atoms. The van der Waals surface area contributed by atoms with E-state index in [0.717, 1.165) is 0 Å². The van der Waals surface area contributed by atoms with E-state index in [4.69, 9.17) is 9.47 Å². The van der Waals surface area contributed by atoms with Crippen LogP contribution >= 0.6 is 0 Å². The van der Waals surface area contributed by atoms with E-state index in [1.807, 2.05) is 0 Å².